The molecule has 1 aliphatic rings. The highest BCUT2D eigenvalue weighted by Gasteiger charge is 2.38. The molecule has 1 amide bonds. The van der Waals surface area contributed by atoms with E-state index in [1.807, 2.05) is 31.3 Å². The summed E-state index contributed by atoms with van der Waals surface area (Å²) in [5.41, 5.74) is 2.46. The van der Waals surface area contributed by atoms with Gasteiger partial charge < -0.3 is 10.1 Å². The Morgan fingerprint density at radius 2 is 2.22 bits per heavy atom. The number of hydrogen-bond donors (Lipinski definition) is 2. The maximum Gasteiger partial charge on any atom is 0.253 e. The van der Waals surface area contributed by atoms with Gasteiger partial charge in [0.2, 0.25) is 0 Å². The van der Waals surface area contributed by atoms with Crippen LogP contribution in [-0.4, -0.2) is 53.3 Å². The van der Waals surface area contributed by atoms with E-state index in [0.29, 0.717) is 13.2 Å². The number of hydrogen-bond acceptors (Lipinski definition) is 4. The number of ether oxygens (including phenoxy) is 1. The van der Waals surface area contributed by atoms with Gasteiger partial charge in [-0.2, -0.15) is 5.10 Å². The smallest absolute Gasteiger partial charge is 0.253 e. The number of rotatable bonds is 4. The monoisotopic (exact) mass is 314 g/mol. The number of nitrogens with zero attached hydrogens (tertiary/aromatic N) is 2. The fourth-order valence-electron chi connectivity index (χ4n) is 3.01. The van der Waals surface area contributed by atoms with Crippen LogP contribution in [0.25, 0.3) is 11.3 Å². The van der Waals surface area contributed by atoms with Crippen LogP contribution in [0.5, 0.6) is 0 Å². The van der Waals surface area contributed by atoms with Crippen LogP contribution >= 0.6 is 0 Å². The number of amides is 1. The largest absolute Gasteiger partial charge is 0.363 e. The van der Waals surface area contributed by atoms with Crippen LogP contribution in [0.3, 0.4) is 0 Å². The van der Waals surface area contributed by atoms with Crippen molar-refractivity contribution in [3.63, 3.8) is 0 Å². The number of aromatic nitrogens is 2. The van der Waals surface area contributed by atoms with Crippen LogP contribution < -0.4 is 5.32 Å². The van der Waals surface area contributed by atoms with E-state index in [4.69, 9.17) is 4.74 Å². The predicted octanol–water partition coefficient (Wildman–Crippen LogP) is 1.41. The average Bonchev–Trinajstić information content (AvgIpc) is 3.03. The van der Waals surface area contributed by atoms with Gasteiger partial charge in [-0.25, -0.2) is 0 Å². The van der Waals surface area contributed by atoms with Gasteiger partial charge in [0, 0.05) is 32.2 Å². The highest BCUT2D eigenvalue weighted by molar-refractivity contribution is 5.84. The first-order valence-corrected chi connectivity index (χ1v) is 7.78. The standard InChI is InChI=1S/C17H22N4O2/c1-17(16(22)18-2)12-21(8-9-23-17)11-14-10-19-20-15(14)13-6-4-3-5-7-13/h3-7,10H,8-9,11-12H2,1-2H3,(H,18,22)(H,19,20)/t17-/m1/s1. The molecule has 2 N–H and O–H groups in total. The van der Waals surface area contributed by atoms with Crippen LogP contribution in [0.4, 0.5) is 0 Å². The molecule has 1 aromatic heterocycles. The molecule has 0 unspecified atom stereocenters. The summed E-state index contributed by atoms with van der Waals surface area (Å²) in [6.45, 7) is 4.47. The van der Waals surface area contributed by atoms with Crippen molar-refractivity contribution in [2.45, 2.75) is 19.1 Å². The van der Waals surface area contributed by atoms with Crippen molar-refractivity contribution >= 4 is 5.91 Å². The Labute approximate surface area is 135 Å². The summed E-state index contributed by atoms with van der Waals surface area (Å²) in [6.07, 6.45) is 1.86. The number of aromatic amines is 1. The number of morpholine rings is 1. The summed E-state index contributed by atoms with van der Waals surface area (Å²) < 4.78 is 5.71. The third kappa shape index (κ3) is 3.28. The molecule has 1 aromatic carbocycles. The maximum atomic E-state index is 12.0. The number of H-pyrrole nitrogens is 1. The highest BCUT2D eigenvalue weighted by Crippen LogP contribution is 2.24. The Morgan fingerprint density at radius 3 is 2.96 bits per heavy atom. The molecule has 2 heterocycles. The molecule has 6 heteroatoms. The highest BCUT2D eigenvalue weighted by atomic mass is 16.5. The molecular weight excluding hydrogens is 292 g/mol. The Balaban J connectivity index is 1.76. The second-order valence-electron chi connectivity index (χ2n) is 6.01. The Morgan fingerprint density at radius 1 is 1.43 bits per heavy atom. The van der Waals surface area contributed by atoms with Gasteiger partial charge in [-0.15, -0.1) is 0 Å². The lowest BCUT2D eigenvalue weighted by Gasteiger charge is -2.39. The summed E-state index contributed by atoms with van der Waals surface area (Å²) in [6, 6.07) is 10.1. The van der Waals surface area contributed by atoms with Crippen molar-refractivity contribution in [2.24, 2.45) is 0 Å². The maximum absolute atomic E-state index is 12.0. The van der Waals surface area contributed by atoms with Gasteiger partial charge in [0.1, 0.15) is 0 Å². The average molecular weight is 314 g/mol. The lowest BCUT2D eigenvalue weighted by Crippen LogP contribution is -2.57. The van der Waals surface area contributed by atoms with Gasteiger partial charge in [-0.1, -0.05) is 30.3 Å². The SMILES string of the molecule is CNC(=O)[C@@]1(C)CN(Cc2cn[nH]c2-c2ccccc2)CCO1. The van der Waals surface area contributed by atoms with Crippen molar-refractivity contribution in [1.29, 1.82) is 0 Å². The second kappa shape index (κ2) is 6.52. The molecule has 2 aromatic rings. The zero-order valence-corrected chi connectivity index (χ0v) is 13.5. The number of carbonyl (C=O) groups is 1. The number of nitrogens with one attached hydrogen (secondary N) is 2. The zero-order valence-electron chi connectivity index (χ0n) is 13.5. The predicted molar refractivity (Wildman–Crippen MR) is 87.7 cm³/mol. The molecule has 1 saturated heterocycles. The Hall–Kier alpha value is -2.18. The van der Waals surface area contributed by atoms with Gasteiger partial charge in [-0.05, 0) is 12.5 Å². The molecule has 0 spiro atoms. The lowest BCUT2D eigenvalue weighted by atomic mass is 10.0. The van der Waals surface area contributed by atoms with Gasteiger partial charge >= 0.3 is 0 Å². The van der Waals surface area contributed by atoms with Gasteiger partial charge in [0.05, 0.1) is 18.5 Å². The van der Waals surface area contributed by atoms with E-state index in [1.165, 1.54) is 0 Å². The molecule has 122 valence electrons. The van der Waals surface area contributed by atoms with Crippen LogP contribution in [0.15, 0.2) is 36.5 Å². The van der Waals surface area contributed by atoms with Gasteiger partial charge in [0.25, 0.3) is 5.91 Å². The minimum atomic E-state index is -0.802. The van der Waals surface area contributed by atoms with Crippen molar-refractivity contribution in [1.82, 2.24) is 20.4 Å². The molecule has 0 saturated carbocycles. The van der Waals surface area contributed by atoms with E-state index in [2.05, 4.69) is 32.5 Å². The van der Waals surface area contributed by atoms with E-state index in [1.54, 1.807) is 7.05 Å². The first-order chi connectivity index (χ1) is 11.1. The first-order valence-electron chi connectivity index (χ1n) is 7.78. The third-order valence-corrected chi connectivity index (χ3v) is 4.24. The van der Waals surface area contributed by atoms with Crippen molar-refractivity contribution in [3.05, 3.63) is 42.1 Å². The van der Waals surface area contributed by atoms with E-state index in [-0.39, 0.29) is 5.91 Å². The molecule has 0 aliphatic carbocycles. The third-order valence-electron chi connectivity index (χ3n) is 4.24. The number of likely N-dealkylation sites (N-methyl/N-ethyl adjacent to an activating group) is 1. The summed E-state index contributed by atoms with van der Waals surface area (Å²) in [5, 5.41) is 9.95. The molecule has 6 nitrogen and oxygen atoms in total. The summed E-state index contributed by atoms with van der Waals surface area (Å²) in [4.78, 5) is 14.3. The molecule has 0 bridgehead atoms. The molecule has 3 rings (SSSR count). The first kappa shape index (κ1) is 15.7. The zero-order chi connectivity index (χ0) is 16.3. The number of carbonyl (C=O) groups excluding carboxylic acids is 1. The Bertz CT molecular complexity index is 670. The van der Waals surface area contributed by atoms with Crippen LogP contribution in [0.2, 0.25) is 0 Å². The second-order valence-corrected chi connectivity index (χ2v) is 6.01. The van der Waals surface area contributed by atoms with E-state index < -0.39 is 5.60 Å². The van der Waals surface area contributed by atoms with Crippen molar-refractivity contribution in [2.75, 3.05) is 26.7 Å². The van der Waals surface area contributed by atoms with Gasteiger partial charge in [-0.3, -0.25) is 14.8 Å². The van der Waals surface area contributed by atoms with E-state index in [0.717, 1.165) is 29.9 Å². The van der Waals surface area contributed by atoms with Gasteiger partial charge in [0.15, 0.2) is 5.60 Å². The summed E-state index contributed by atoms with van der Waals surface area (Å²) in [5.74, 6) is -0.0855. The van der Waals surface area contributed by atoms with Crippen LogP contribution in [0.1, 0.15) is 12.5 Å². The molecule has 23 heavy (non-hydrogen) atoms. The normalized spacial score (nSPS) is 22.0. The molecular formula is C17H22N4O2. The lowest BCUT2D eigenvalue weighted by molar-refractivity contribution is -0.156. The quantitative estimate of drug-likeness (QED) is 0.895. The van der Waals surface area contributed by atoms with Crippen LogP contribution in [-0.2, 0) is 16.1 Å². The fourth-order valence-corrected chi connectivity index (χ4v) is 3.01. The molecule has 1 atom stereocenters. The van der Waals surface area contributed by atoms with Crippen molar-refractivity contribution < 1.29 is 9.53 Å². The van der Waals surface area contributed by atoms with E-state index in [9.17, 15) is 4.79 Å². The molecule has 1 aliphatic heterocycles. The summed E-state index contributed by atoms with van der Waals surface area (Å²) in [7, 11) is 1.64. The molecule has 0 radical (unpaired) electrons. The Kier molecular flexibility index (Phi) is 4.45. The van der Waals surface area contributed by atoms with Crippen molar-refractivity contribution in [3.8, 4) is 11.3 Å². The topological polar surface area (TPSA) is 70.2 Å². The minimum Gasteiger partial charge on any atom is -0.363 e. The minimum absolute atomic E-state index is 0.0855. The molecule has 1 fully saturated rings. The number of benzene rings is 1. The van der Waals surface area contributed by atoms with E-state index >= 15 is 0 Å². The summed E-state index contributed by atoms with van der Waals surface area (Å²) >= 11 is 0. The van der Waals surface area contributed by atoms with Crippen LogP contribution in [0, 0.1) is 0 Å². The fraction of sp³-hybridized carbons (Fsp3) is 0.412.